The van der Waals surface area contributed by atoms with Gasteiger partial charge >= 0.3 is 11.8 Å². The maximum atomic E-state index is 12.1. The highest BCUT2D eigenvalue weighted by atomic mass is 16.2. The normalized spacial score (nSPS) is 21.8. The van der Waals surface area contributed by atoms with Gasteiger partial charge in [-0.25, -0.2) is 4.68 Å². The molecule has 3 aliphatic rings. The fourth-order valence-electron chi connectivity index (χ4n) is 2.68. The van der Waals surface area contributed by atoms with Crippen LogP contribution in [0.1, 0.15) is 31.7 Å². The third-order valence-corrected chi connectivity index (χ3v) is 4.32. The molecular weight excluding hydrogens is 286 g/mol. The van der Waals surface area contributed by atoms with Gasteiger partial charge < -0.3 is 15.1 Å². The zero-order valence-corrected chi connectivity index (χ0v) is 12.3. The van der Waals surface area contributed by atoms with Crippen LogP contribution in [-0.4, -0.2) is 69.1 Å². The molecule has 9 nitrogen and oxygen atoms in total. The van der Waals surface area contributed by atoms with E-state index in [1.165, 1.54) is 0 Å². The van der Waals surface area contributed by atoms with Crippen molar-refractivity contribution in [2.75, 3.05) is 31.1 Å². The maximum Gasteiger partial charge on any atom is 0.312 e. The summed E-state index contributed by atoms with van der Waals surface area (Å²) in [6.07, 6.45) is 4.21. The van der Waals surface area contributed by atoms with Crippen LogP contribution in [0.4, 0.5) is 5.95 Å². The number of nitrogens with one attached hydrogen (secondary N) is 1. The highest BCUT2D eigenvalue weighted by Crippen LogP contribution is 2.36. The van der Waals surface area contributed by atoms with Crippen molar-refractivity contribution in [2.24, 2.45) is 0 Å². The summed E-state index contributed by atoms with van der Waals surface area (Å²) < 4.78 is 1.87. The predicted molar refractivity (Wildman–Crippen MR) is 76.0 cm³/mol. The standard InChI is InChI=1S/C13H19N7O2/c21-11(14-9-1-2-9)12(22)18-5-7-19(8-6-18)13-15-16-17-20(13)10-3-4-10/h9-10H,1-8H2,(H,14,21). The van der Waals surface area contributed by atoms with Crippen LogP contribution < -0.4 is 10.2 Å². The number of rotatable bonds is 3. The minimum absolute atomic E-state index is 0.209. The lowest BCUT2D eigenvalue weighted by Gasteiger charge is -2.34. The van der Waals surface area contributed by atoms with Crippen molar-refractivity contribution in [1.82, 2.24) is 30.4 Å². The number of piperazine rings is 1. The van der Waals surface area contributed by atoms with Crippen LogP contribution in [0.2, 0.25) is 0 Å². The number of carbonyl (C=O) groups is 2. The number of hydrogen-bond acceptors (Lipinski definition) is 6. The summed E-state index contributed by atoms with van der Waals surface area (Å²) in [6, 6.07) is 0.634. The molecule has 2 amide bonds. The second-order valence-corrected chi connectivity index (χ2v) is 6.18. The Morgan fingerprint density at radius 1 is 1.05 bits per heavy atom. The topological polar surface area (TPSA) is 96.2 Å². The molecule has 9 heteroatoms. The molecule has 0 unspecified atom stereocenters. The first-order valence-corrected chi connectivity index (χ1v) is 7.85. The molecule has 1 aromatic rings. The van der Waals surface area contributed by atoms with Crippen LogP contribution in [-0.2, 0) is 9.59 Å². The van der Waals surface area contributed by atoms with E-state index in [9.17, 15) is 9.59 Å². The highest BCUT2D eigenvalue weighted by molar-refractivity contribution is 6.35. The van der Waals surface area contributed by atoms with E-state index < -0.39 is 11.8 Å². The largest absolute Gasteiger partial charge is 0.345 e. The van der Waals surface area contributed by atoms with E-state index in [4.69, 9.17) is 0 Å². The lowest BCUT2D eigenvalue weighted by atomic mass is 10.3. The van der Waals surface area contributed by atoms with Gasteiger partial charge in [0.15, 0.2) is 0 Å². The van der Waals surface area contributed by atoms with Gasteiger partial charge in [-0.05, 0) is 36.1 Å². The lowest BCUT2D eigenvalue weighted by Crippen LogP contribution is -2.53. The van der Waals surface area contributed by atoms with Crippen LogP contribution in [0.5, 0.6) is 0 Å². The van der Waals surface area contributed by atoms with Gasteiger partial charge in [0.1, 0.15) is 0 Å². The molecule has 0 aromatic carbocycles. The molecule has 22 heavy (non-hydrogen) atoms. The Kier molecular flexibility index (Phi) is 3.20. The molecule has 0 atom stereocenters. The van der Waals surface area contributed by atoms with Gasteiger partial charge in [-0.3, -0.25) is 9.59 Å². The molecule has 1 aromatic heterocycles. The third kappa shape index (κ3) is 2.62. The summed E-state index contributed by atoms with van der Waals surface area (Å²) in [5, 5.41) is 14.6. The smallest absolute Gasteiger partial charge is 0.312 e. The van der Waals surface area contributed by atoms with Crippen molar-refractivity contribution in [3.05, 3.63) is 0 Å². The Labute approximate surface area is 127 Å². The van der Waals surface area contributed by atoms with Crippen LogP contribution in [0.15, 0.2) is 0 Å². The van der Waals surface area contributed by atoms with E-state index in [2.05, 4.69) is 25.7 Å². The summed E-state index contributed by atoms with van der Waals surface area (Å²) in [6.45, 7) is 2.34. The van der Waals surface area contributed by atoms with Crippen LogP contribution in [0.25, 0.3) is 0 Å². The molecule has 0 spiro atoms. The van der Waals surface area contributed by atoms with Gasteiger partial charge in [0.2, 0.25) is 5.95 Å². The molecule has 4 rings (SSSR count). The van der Waals surface area contributed by atoms with Crippen molar-refractivity contribution >= 4 is 17.8 Å². The molecule has 3 fully saturated rings. The zero-order valence-electron chi connectivity index (χ0n) is 12.3. The summed E-state index contributed by atoms with van der Waals surface area (Å²) in [5.41, 5.74) is 0. The highest BCUT2D eigenvalue weighted by Gasteiger charge is 2.33. The van der Waals surface area contributed by atoms with E-state index in [-0.39, 0.29) is 6.04 Å². The number of anilines is 1. The molecule has 1 saturated heterocycles. The second-order valence-electron chi connectivity index (χ2n) is 6.18. The Morgan fingerprint density at radius 3 is 2.41 bits per heavy atom. The summed E-state index contributed by atoms with van der Waals surface area (Å²) >= 11 is 0. The van der Waals surface area contributed by atoms with E-state index in [0.29, 0.717) is 32.2 Å². The Morgan fingerprint density at radius 2 is 1.77 bits per heavy atom. The van der Waals surface area contributed by atoms with Gasteiger partial charge in [0.25, 0.3) is 0 Å². The van der Waals surface area contributed by atoms with E-state index in [0.717, 1.165) is 31.6 Å². The molecule has 1 aliphatic heterocycles. The van der Waals surface area contributed by atoms with Gasteiger partial charge in [-0.2, -0.15) is 0 Å². The SMILES string of the molecule is O=C(NC1CC1)C(=O)N1CCN(c2nnnn2C2CC2)CC1. The van der Waals surface area contributed by atoms with Gasteiger partial charge in [0.05, 0.1) is 6.04 Å². The molecule has 118 valence electrons. The molecule has 2 aliphatic carbocycles. The molecular formula is C13H19N7O2. The summed E-state index contributed by atoms with van der Waals surface area (Å²) in [7, 11) is 0. The molecule has 0 bridgehead atoms. The number of carbonyl (C=O) groups excluding carboxylic acids is 2. The predicted octanol–water partition coefficient (Wildman–Crippen LogP) is -1.06. The number of nitrogens with zero attached hydrogens (tertiary/aromatic N) is 6. The fraction of sp³-hybridized carbons (Fsp3) is 0.769. The van der Waals surface area contributed by atoms with Crippen LogP contribution >= 0.6 is 0 Å². The quantitative estimate of drug-likeness (QED) is 0.715. The van der Waals surface area contributed by atoms with E-state index >= 15 is 0 Å². The van der Waals surface area contributed by atoms with Crippen molar-refractivity contribution < 1.29 is 9.59 Å². The second kappa shape index (κ2) is 5.22. The minimum atomic E-state index is -0.473. The van der Waals surface area contributed by atoms with Crippen molar-refractivity contribution in [3.8, 4) is 0 Å². The fourth-order valence-corrected chi connectivity index (χ4v) is 2.68. The van der Waals surface area contributed by atoms with Crippen LogP contribution in [0.3, 0.4) is 0 Å². The maximum absolute atomic E-state index is 12.1. The molecule has 1 N–H and O–H groups in total. The van der Waals surface area contributed by atoms with E-state index in [1.54, 1.807) is 4.90 Å². The van der Waals surface area contributed by atoms with Gasteiger partial charge in [-0.1, -0.05) is 5.10 Å². The third-order valence-electron chi connectivity index (χ3n) is 4.32. The number of hydrogen-bond donors (Lipinski definition) is 1. The average Bonchev–Trinajstić information content (AvgIpc) is 3.47. The summed E-state index contributed by atoms with van der Waals surface area (Å²) in [5.74, 6) is -0.121. The Bertz CT molecular complexity index is 585. The monoisotopic (exact) mass is 305 g/mol. The summed E-state index contributed by atoms with van der Waals surface area (Å²) in [4.78, 5) is 27.6. The first-order valence-electron chi connectivity index (χ1n) is 7.85. The zero-order chi connectivity index (χ0) is 15.1. The molecule has 2 saturated carbocycles. The number of aromatic nitrogens is 4. The van der Waals surface area contributed by atoms with Gasteiger partial charge in [0, 0.05) is 32.2 Å². The average molecular weight is 305 g/mol. The lowest BCUT2D eigenvalue weighted by molar-refractivity contribution is -0.146. The first-order chi connectivity index (χ1) is 10.7. The molecule has 0 radical (unpaired) electrons. The van der Waals surface area contributed by atoms with Gasteiger partial charge in [-0.15, -0.1) is 0 Å². The van der Waals surface area contributed by atoms with Crippen molar-refractivity contribution in [1.29, 1.82) is 0 Å². The minimum Gasteiger partial charge on any atom is -0.345 e. The van der Waals surface area contributed by atoms with Crippen molar-refractivity contribution in [2.45, 2.75) is 37.8 Å². The number of amides is 2. The Balaban J connectivity index is 1.34. The number of tetrazole rings is 1. The first kappa shape index (κ1) is 13.5. The van der Waals surface area contributed by atoms with E-state index in [1.807, 2.05) is 4.68 Å². The Hall–Kier alpha value is -2.19. The van der Waals surface area contributed by atoms with Crippen molar-refractivity contribution in [3.63, 3.8) is 0 Å². The van der Waals surface area contributed by atoms with Crippen LogP contribution in [0, 0.1) is 0 Å². The molecule has 2 heterocycles.